The standard InChI is InChI=1S/C17H28N2S/c1-3-18-17(16-8-5-4-6-9-16)15(2)14-19-10-7-12-20-13-11-19/h4-6,8-9,15,17-18H,3,7,10-14H2,1-2H3. The van der Waals surface area contributed by atoms with Crippen LogP contribution >= 0.6 is 11.8 Å². The number of hydrogen-bond acceptors (Lipinski definition) is 3. The Labute approximate surface area is 128 Å². The van der Waals surface area contributed by atoms with Crippen molar-refractivity contribution in [3.63, 3.8) is 0 Å². The molecule has 2 atom stereocenters. The lowest BCUT2D eigenvalue weighted by Crippen LogP contribution is -2.37. The van der Waals surface area contributed by atoms with Gasteiger partial charge in [-0.15, -0.1) is 0 Å². The molecule has 0 amide bonds. The molecule has 0 bridgehead atoms. The fraction of sp³-hybridized carbons (Fsp3) is 0.647. The van der Waals surface area contributed by atoms with Crippen LogP contribution in [0.25, 0.3) is 0 Å². The molecule has 0 aromatic heterocycles. The molecule has 0 saturated carbocycles. The van der Waals surface area contributed by atoms with Crippen LogP contribution in [-0.2, 0) is 0 Å². The highest BCUT2D eigenvalue weighted by Crippen LogP contribution is 2.23. The first-order valence-electron chi connectivity index (χ1n) is 7.89. The first-order chi connectivity index (χ1) is 9.81. The van der Waals surface area contributed by atoms with Crippen molar-refractivity contribution < 1.29 is 0 Å². The van der Waals surface area contributed by atoms with Crippen LogP contribution in [0.2, 0.25) is 0 Å². The van der Waals surface area contributed by atoms with E-state index in [1.165, 1.54) is 43.1 Å². The van der Waals surface area contributed by atoms with Gasteiger partial charge in [0.1, 0.15) is 0 Å². The summed E-state index contributed by atoms with van der Waals surface area (Å²) in [5, 5.41) is 3.67. The van der Waals surface area contributed by atoms with Crippen molar-refractivity contribution in [1.82, 2.24) is 10.2 Å². The van der Waals surface area contributed by atoms with Crippen LogP contribution in [0.15, 0.2) is 30.3 Å². The molecular weight excluding hydrogens is 264 g/mol. The molecule has 1 aliphatic rings. The fourth-order valence-electron chi connectivity index (χ4n) is 3.02. The highest BCUT2D eigenvalue weighted by atomic mass is 32.2. The van der Waals surface area contributed by atoms with Gasteiger partial charge < -0.3 is 10.2 Å². The van der Waals surface area contributed by atoms with Gasteiger partial charge in [-0.1, -0.05) is 44.2 Å². The van der Waals surface area contributed by atoms with E-state index in [1.807, 2.05) is 0 Å². The molecule has 1 heterocycles. The lowest BCUT2D eigenvalue weighted by Gasteiger charge is -2.30. The minimum atomic E-state index is 0.470. The van der Waals surface area contributed by atoms with Crippen molar-refractivity contribution in [2.45, 2.75) is 26.3 Å². The van der Waals surface area contributed by atoms with Crippen molar-refractivity contribution in [2.75, 3.05) is 37.7 Å². The van der Waals surface area contributed by atoms with E-state index in [-0.39, 0.29) is 0 Å². The second-order valence-corrected chi connectivity index (χ2v) is 6.91. The lowest BCUT2D eigenvalue weighted by molar-refractivity contribution is 0.224. The second kappa shape index (κ2) is 8.71. The summed E-state index contributed by atoms with van der Waals surface area (Å²) in [6.45, 7) is 9.34. The Hall–Kier alpha value is -0.510. The van der Waals surface area contributed by atoms with Gasteiger partial charge in [0.2, 0.25) is 0 Å². The molecule has 0 aliphatic carbocycles. The van der Waals surface area contributed by atoms with E-state index in [2.05, 4.69) is 66.2 Å². The van der Waals surface area contributed by atoms with Crippen molar-refractivity contribution in [3.05, 3.63) is 35.9 Å². The van der Waals surface area contributed by atoms with Crippen molar-refractivity contribution in [1.29, 1.82) is 0 Å². The highest BCUT2D eigenvalue weighted by molar-refractivity contribution is 7.99. The van der Waals surface area contributed by atoms with Gasteiger partial charge in [0, 0.05) is 24.9 Å². The summed E-state index contributed by atoms with van der Waals surface area (Å²) in [6.07, 6.45) is 1.34. The predicted octanol–water partition coefficient (Wildman–Crippen LogP) is 3.41. The Morgan fingerprint density at radius 1 is 1.20 bits per heavy atom. The number of thioether (sulfide) groups is 1. The average molecular weight is 292 g/mol. The Kier molecular flexibility index (Phi) is 6.91. The first kappa shape index (κ1) is 15.9. The van der Waals surface area contributed by atoms with E-state index >= 15 is 0 Å². The van der Waals surface area contributed by atoms with Gasteiger partial charge in [-0.3, -0.25) is 0 Å². The zero-order valence-electron chi connectivity index (χ0n) is 12.8. The summed E-state index contributed by atoms with van der Waals surface area (Å²) in [4.78, 5) is 2.65. The molecule has 112 valence electrons. The third kappa shape index (κ3) is 4.80. The van der Waals surface area contributed by atoms with Gasteiger partial charge in [0.15, 0.2) is 0 Å². The number of nitrogens with one attached hydrogen (secondary N) is 1. The molecule has 0 radical (unpaired) electrons. The van der Waals surface area contributed by atoms with Crippen LogP contribution in [0.5, 0.6) is 0 Å². The molecule has 20 heavy (non-hydrogen) atoms. The molecule has 1 aliphatic heterocycles. The van der Waals surface area contributed by atoms with Gasteiger partial charge in [-0.05, 0) is 36.7 Å². The van der Waals surface area contributed by atoms with Crippen molar-refractivity contribution in [3.8, 4) is 0 Å². The van der Waals surface area contributed by atoms with Gasteiger partial charge in [-0.2, -0.15) is 11.8 Å². The Morgan fingerprint density at radius 3 is 2.75 bits per heavy atom. The number of hydrogen-bond donors (Lipinski definition) is 1. The van der Waals surface area contributed by atoms with E-state index in [0.29, 0.717) is 12.0 Å². The SMILES string of the molecule is CCNC(c1ccccc1)C(C)CN1CCCSCC1. The van der Waals surface area contributed by atoms with Crippen LogP contribution in [0.1, 0.15) is 31.9 Å². The van der Waals surface area contributed by atoms with Crippen molar-refractivity contribution in [2.24, 2.45) is 5.92 Å². The molecule has 2 rings (SSSR count). The Morgan fingerprint density at radius 2 is 2.00 bits per heavy atom. The fourth-order valence-corrected chi connectivity index (χ4v) is 3.95. The number of rotatable bonds is 6. The van der Waals surface area contributed by atoms with E-state index < -0.39 is 0 Å². The van der Waals surface area contributed by atoms with Gasteiger partial charge in [-0.25, -0.2) is 0 Å². The minimum Gasteiger partial charge on any atom is -0.310 e. The Bertz CT molecular complexity index is 361. The van der Waals surface area contributed by atoms with Gasteiger partial charge in [0.25, 0.3) is 0 Å². The van der Waals surface area contributed by atoms with Crippen molar-refractivity contribution >= 4 is 11.8 Å². The van der Waals surface area contributed by atoms with Gasteiger partial charge in [0.05, 0.1) is 0 Å². The minimum absolute atomic E-state index is 0.470. The summed E-state index contributed by atoms with van der Waals surface area (Å²) < 4.78 is 0. The molecule has 1 fully saturated rings. The van der Waals surface area contributed by atoms with Gasteiger partial charge >= 0.3 is 0 Å². The maximum Gasteiger partial charge on any atom is 0.0358 e. The molecule has 0 spiro atoms. The maximum atomic E-state index is 3.67. The largest absolute Gasteiger partial charge is 0.310 e. The van der Waals surface area contributed by atoms with E-state index in [1.54, 1.807) is 0 Å². The third-order valence-corrected chi connectivity index (χ3v) is 5.06. The zero-order valence-corrected chi connectivity index (χ0v) is 13.7. The van der Waals surface area contributed by atoms with E-state index in [9.17, 15) is 0 Å². The summed E-state index contributed by atoms with van der Waals surface area (Å²) in [7, 11) is 0. The predicted molar refractivity (Wildman–Crippen MR) is 90.4 cm³/mol. The summed E-state index contributed by atoms with van der Waals surface area (Å²) in [5.74, 6) is 3.27. The number of benzene rings is 1. The van der Waals surface area contributed by atoms with Crippen LogP contribution in [-0.4, -0.2) is 42.6 Å². The lowest BCUT2D eigenvalue weighted by atomic mass is 9.94. The van der Waals surface area contributed by atoms with E-state index in [0.717, 1.165) is 6.54 Å². The molecule has 1 aromatic carbocycles. The van der Waals surface area contributed by atoms with Crippen LogP contribution < -0.4 is 5.32 Å². The topological polar surface area (TPSA) is 15.3 Å². The third-order valence-electron chi connectivity index (χ3n) is 4.01. The summed E-state index contributed by atoms with van der Waals surface area (Å²) in [6, 6.07) is 11.4. The van der Waals surface area contributed by atoms with Crippen LogP contribution in [0.4, 0.5) is 0 Å². The zero-order chi connectivity index (χ0) is 14.2. The second-order valence-electron chi connectivity index (χ2n) is 5.69. The summed E-state index contributed by atoms with van der Waals surface area (Å²) in [5.41, 5.74) is 1.42. The summed E-state index contributed by atoms with van der Waals surface area (Å²) >= 11 is 2.10. The first-order valence-corrected chi connectivity index (χ1v) is 9.05. The van der Waals surface area contributed by atoms with Crippen LogP contribution in [0, 0.1) is 5.92 Å². The maximum absolute atomic E-state index is 3.67. The van der Waals surface area contributed by atoms with Crippen LogP contribution in [0.3, 0.4) is 0 Å². The highest BCUT2D eigenvalue weighted by Gasteiger charge is 2.21. The molecule has 2 nitrogen and oxygen atoms in total. The molecule has 2 unspecified atom stereocenters. The quantitative estimate of drug-likeness (QED) is 0.865. The molecule has 3 heteroatoms. The number of nitrogens with zero attached hydrogens (tertiary/aromatic N) is 1. The van der Waals surface area contributed by atoms with E-state index in [4.69, 9.17) is 0 Å². The smallest absolute Gasteiger partial charge is 0.0358 e. The molecular formula is C17H28N2S. The monoisotopic (exact) mass is 292 g/mol. The normalized spacial score (nSPS) is 20.3. The average Bonchev–Trinajstić information content (AvgIpc) is 2.74. The molecule has 1 aromatic rings. The Balaban J connectivity index is 1.97. The molecule has 1 saturated heterocycles. The molecule has 1 N–H and O–H groups in total.